The van der Waals surface area contributed by atoms with E-state index in [4.69, 9.17) is 10.2 Å². The van der Waals surface area contributed by atoms with Crippen molar-refractivity contribution in [2.75, 3.05) is 26.2 Å². The van der Waals surface area contributed by atoms with Crippen molar-refractivity contribution in [2.45, 2.75) is 31.7 Å². The number of aliphatic hydroxyl groups is 1. The standard InChI is InChI=1S/C13H22N2O4/c1-2-7-14(8-9-16)13(19)15(10-12(17)18)11-5-3-4-6-11/h2,11,16H,1,3-10H2,(H,17,18). The quantitative estimate of drug-likeness (QED) is 0.674. The van der Waals surface area contributed by atoms with Crippen molar-refractivity contribution < 1.29 is 19.8 Å². The van der Waals surface area contributed by atoms with E-state index in [1.165, 1.54) is 9.80 Å². The molecule has 0 heterocycles. The number of carbonyl (C=O) groups is 2. The van der Waals surface area contributed by atoms with E-state index >= 15 is 0 Å². The minimum atomic E-state index is -1.01. The smallest absolute Gasteiger partial charge is 0.323 e. The highest BCUT2D eigenvalue weighted by Gasteiger charge is 2.30. The van der Waals surface area contributed by atoms with Gasteiger partial charge in [0.05, 0.1) is 6.61 Å². The SMILES string of the molecule is C=CCN(CCO)C(=O)N(CC(=O)O)C1CCCC1. The fourth-order valence-electron chi connectivity index (χ4n) is 2.44. The number of carboxylic acids is 1. The van der Waals surface area contributed by atoms with Gasteiger partial charge in [-0.25, -0.2) is 4.79 Å². The lowest BCUT2D eigenvalue weighted by molar-refractivity contribution is -0.138. The normalized spacial score (nSPS) is 15.2. The fraction of sp³-hybridized carbons (Fsp3) is 0.692. The van der Waals surface area contributed by atoms with Gasteiger partial charge in [0.15, 0.2) is 0 Å². The Morgan fingerprint density at radius 1 is 1.32 bits per heavy atom. The number of carbonyl (C=O) groups excluding carboxylic acids is 1. The second kappa shape index (κ2) is 7.78. The molecule has 0 radical (unpaired) electrons. The first kappa shape index (κ1) is 15.5. The summed E-state index contributed by atoms with van der Waals surface area (Å²) >= 11 is 0. The first-order chi connectivity index (χ1) is 9.10. The van der Waals surface area contributed by atoms with Crippen LogP contribution in [0.2, 0.25) is 0 Å². The third kappa shape index (κ3) is 4.55. The Labute approximate surface area is 113 Å². The van der Waals surface area contributed by atoms with Crippen LogP contribution >= 0.6 is 0 Å². The molecular weight excluding hydrogens is 248 g/mol. The second-order valence-electron chi connectivity index (χ2n) is 4.70. The van der Waals surface area contributed by atoms with Gasteiger partial charge in [0.25, 0.3) is 0 Å². The first-order valence-corrected chi connectivity index (χ1v) is 6.59. The Hall–Kier alpha value is -1.56. The number of rotatable bonds is 7. The number of aliphatic carboxylic acids is 1. The van der Waals surface area contributed by atoms with E-state index in [0.29, 0.717) is 6.54 Å². The molecular formula is C13H22N2O4. The van der Waals surface area contributed by atoms with Gasteiger partial charge in [0, 0.05) is 19.1 Å². The molecule has 1 fully saturated rings. The summed E-state index contributed by atoms with van der Waals surface area (Å²) < 4.78 is 0. The van der Waals surface area contributed by atoms with Gasteiger partial charge in [-0.3, -0.25) is 4.79 Å². The lowest BCUT2D eigenvalue weighted by Gasteiger charge is -2.32. The van der Waals surface area contributed by atoms with Crippen molar-refractivity contribution in [3.8, 4) is 0 Å². The Kier molecular flexibility index (Phi) is 6.35. The summed E-state index contributed by atoms with van der Waals surface area (Å²) in [5, 5.41) is 17.9. The number of hydrogen-bond donors (Lipinski definition) is 2. The van der Waals surface area contributed by atoms with Gasteiger partial charge in [-0.05, 0) is 12.8 Å². The van der Waals surface area contributed by atoms with Gasteiger partial charge in [-0.15, -0.1) is 6.58 Å². The lowest BCUT2D eigenvalue weighted by Crippen LogP contribution is -2.50. The van der Waals surface area contributed by atoms with E-state index in [0.717, 1.165) is 25.7 Å². The molecule has 108 valence electrons. The predicted molar refractivity (Wildman–Crippen MR) is 70.8 cm³/mol. The highest BCUT2D eigenvalue weighted by Crippen LogP contribution is 2.24. The number of amides is 2. The first-order valence-electron chi connectivity index (χ1n) is 6.59. The third-order valence-electron chi connectivity index (χ3n) is 3.31. The van der Waals surface area contributed by atoms with E-state index in [2.05, 4.69) is 6.58 Å². The molecule has 2 N–H and O–H groups in total. The zero-order valence-electron chi connectivity index (χ0n) is 11.1. The second-order valence-corrected chi connectivity index (χ2v) is 4.70. The van der Waals surface area contributed by atoms with Gasteiger partial charge in [0.2, 0.25) is 0 Å². The molecule has 6 heteroatoms. The predicted octanol–water partition coefficient (Wildman–Crippen LogP) is 0.916. The zero-order chi connectivity index (χ0) is 14.3. The van der Waals surface area contributed by atoms with Crippen molar-refractivity contribution in [3.05, 3.63) is 12.7 Å². The van der Waals surface area contributed by atoms with Crippen LogP contribution in [0.1, 0.15) is 25.7 Å². The summed E-state index contributed by atoms with van der Waals surface area (Å²) in [7, 11) is 0. The number of aliphatic hydroxyl groups excluding tert-OH is 1. The molecule has 0 spiro atoms. The van der Waals surface area contributed by atoms with Crippen molar-refractivity contribution in [2.24, 2.45) is 0 Å². The fourth-order valence-corrected chi connectivity index (χ4v) is 2.44. The lowest BCUT2D eigenvalue weighted by atomic mass is 10.2. The number of nitrogens with zero attached hydrogens (tertiary/aromatic N) is 2. The van der Waals surface area contributed by atoms with Crippen LogP contribution in [-0.4, -0.2) is 64.3 Å². The maximum Gasteiger partial charge on any atom is 0.323 e. The molecule has 0 bridgehead atoms. The molecule has 6 nitrogen and oxygen atoms in total. The van der Waals surface area contributed by atoms with Gasteiger partial charge >= 0.3 is 12.0 Å². The van der Waals surface area contributed by atoms with Gasteiger partial charge in [-0.1, -0.05) is 18.9 Å². The molecule has 0 atom stereocenters. The largest absolute Gasteiger partial charge is 0.480 e. The average Bonchev–Trinajstić information content (AvgIpc) is 2.88. The van der Waals surface area contributed by atoms with E-state index in [1.54, 1.807) is 6.08 Å². The molecule has 0 aromatic heterocycles. The van der Waals surface area contributed by atoms with Crippen molar-refractivity contribution in [1.29, 1.82) is 0 Å². The van der Waals surface area contributed by atoms with Crippen LogP contribution in [0.5, 0.6) is 0 Å². The Bertz CT molecular complexity index is 327. The Balaban J connectivity index is 2.77. The van der Waals surface area contributed by atoms with E-state index < -0.39 is 5.97 Å². The van der Waals surface area contributed by atoms with Gasteiger partial charge in [0.1, 0.15) is 6.54 Å². The van der Waals surface area contributed by atoms with E-state index in [1.807, 2.05) is 0 Å². The van der Waals surface area contributed by atoms with Crippen LogP contribution in [0.3, 0.4) is 0 Å². The monoisotopic (exact) mass is 270 g/mol. The summed E-state index contributed by atoms with van der Waals surface area (Å²) in [5.41, 5.74) is 0. The van der Waals surface area contributed by atoms with Crippen LogP contribution in [0, 0.1) is 0 Å². The van der Waals surface area contributed by atoms with Crippen LogP contribution in [-0.2, 0) is 4.79 Å². The van der Waals surface area contributed by atoms with E-state index in [9.17, 15) is 9.59 Å². The molecule has 1 aliphatic carbocycles. The molecule has 0 aromatic rings. The molecule has 1 saturated carbocycles. The molecule has 19 heavy (non-hydrogen) atoms. The average molecular weight is 270 g/mol. The summed E-state index contributed by atoms with van der Waals surface area (Å²) in [6.45, 7) is 3.63. The van der Waals surface area contributed by atoms with Gasteiger partial charge < -0.3 is 20.0 Å². The zero-order valence-corrected chi connectivity index (χ0v) is 11.1. The minimum absolute atomic E-state index is 0.00499. The topological polar surface area (TPSA) is 81.1 Å². The van der Waals surface area contributed by atoms with Crippen LogP contribution in [0.25, 0.3) is 0 Å². The Morgan fingerprint density at radius 2 is 1.95 bits per heavy atom. The maximum absolute atomic E-state index is 12.4. The van der Waals surface area contributed by atoms with Crippen molar-refractivity contribution in [1.82, 2.24) is 9.80 Å². The third-order valence-corrected chi connectivity index (χ3v) is 3.31. The maximum atomic E-state index is 12.4. The molecule has 0 saturated heterocycles. The number of urea groups is 1. The number of carboxylic acid groups (broad SMARTS) is 1. The molecule has 0 aromatic carbocycles. The van der Waals surface area contributed by atoms with E-state index in [-0.39, 0.29) is 31.8 Å². The van der Waals surface area contributed by atoms with Crippen LogP contribution in [0.15, 0.2) is 12.7 Å². The molecule has 1 rings (SSSR count). The Morgan fingerprint density at radius 3 is 2.42 bits per heavy atom. The number of hydrogen-bond acceptors (Lipinski definition) is 3. The summed E-state index contributed by atoms with van der Waals surface area (Å²) in [6, 6.07) is -0.335. The summed E-state index contributed by atoms with van der Waals surface area (Å²) in [4.78, 5) is 26.1. The van der Waals surface area contributed by atoms with Crippen LogP contribution < -0.4 is 0 Å². The van der Waals surface area contributed by atoms with Gasteiger partial charge in [-0.2, -0.15) is 0 Å². The summed E-state index contributed by atoms with van der Waals surface area (Å²) in [5.74, 6) is -1.01. The highest BCUT2D eigenvalue weighted by atomic mass is 16.4. The molecule has 0 unspecified atom stereocenters. The summed E-state index contributed by atoms with van der Waals surface area (Å²) in [6.07, 6.45) is 5.31. The molecule has 1 aliphatic rings. The molecule has 0 aliphatic heterocycles. The van der Waals surface area contributed by atoms with Crippen LogP contribution in [0.4, 0.5) is 4.79 Å². The van der Waals surface area contributed by atoms with Crippen molar-refractivity contribution in [3.63, 3.8) is 0 Å². The van der Waals surface area contributed by atoms with Crippen molar-refractivity contribution >= 4 is 12.0 Å². The molecule has 2 amide bonds. The minimum Gasteiger partial charge on any atom is -0.480 e. The highest BCUT2D eigenvalue weighted by molar-refractivity contribution is 5.80.